The predicted octanol–water partition coefficient (Wildman–Crippen LogP) is 5.44. The van der Waals surface area contributed by atoms with Crippen LogP contribution in [-0.4, -0.2) is 43.1 Å². The third-order valence-corrected chi connectivity index (χ3v) is 7.40. The van der Waals surface area contributed by atoms with Gasteiger partial charge in [0.2, 0.25) is 0 Å². The molecule has 0 aromatic heterocycles. The van der Waals surface area contributed by atoms with Crippen LogP contribution in [0.5, 0.6) is 0 Å². The Morgan fingerprint density at radius 1 is 0.850 bits per heavy atom. The number of benzene rings is 3. The number of alkyl halides is 3. The number of para-hydroxylation sites is 1. The molecule has 5 rings (SSSR count). The van der Waals surface area contributed by atoms with Gasteiger partial charge in [-0.15, -0.1) is 0 Å². The van der Waals surface area contributed by atoms with Crippen molar-refractivity contribution in [1.82, 2.24) is 5.01 Å². The SMILES string of the molecule is COC(=O)C1(C(=O)OC)C[C@@H](c2ccccc2)N(C(=O)c2ccc(C(F)(F)F)cc2)N2c3ccccc3C=C[C@@H]21. The van der Waals surface area contributed by atoms with Crippen molar-refractivity contribution >= 4 is 29.6 Å². The summed E-state index contributed by atoms with van der Waals surface area (Å²) in [5.74, 6) is -2.28. The lowest BCUT2D eigenvalue weighted by Crippen LogP contribution is -2.68. The van der Waals surface area contributed by atoms with Gasteiger partial charge in [-0.05, 0) is 41.5 Å². The van der Waals surface area contributed by atoms with Crippen molar-refractivity contribution in [3.8, 4) is 0 Å². The summed E-state index contributed by atoms with van der Waals surface area (Å²) < 4.78 is 50.1. The highest BCUT2D eigenvalue weighted by Crippen LogP contribution is 2.51. The van der Waals surface area contributed by atoms with Crippen molar-refractivity contribution in [3.05, 3.63) is 107 Å². The van der Waals surface area contributed by atoms with Crippen molar-refractivity contribution in [2.24, 2.45) is 5.41 Å². The van der Waals surface area contributed by atoms with Crippen LogP contribution in [0.4, 0.5) is 18.9 Å². The number of hydrogen-bond acceptors (Lipinski definition) is 6. The van der Waals surface area contributed by atoms with E-state index < -0.39 is 47.1 Å². The fraction of sp³-hybridized carbons (Fsp3) is 0.233. The first-order valence-corrected chi connectivity index (χ1v) is 12.4. The number of hydrogen-bond donors (Lipinski definition) is 0. The number of nitrogens with zero attached hydrogens (tertiary/aromatic N) is 2. The van der Waals surface area contributed by atoms with Gasteiger partial charge in [-0.25, -0.2) is 5.01 Å². The zero-order chi connectivity index (χ0) is 28.7. The van der Waals surface area contributed by atoms with Gasteiger partial charge in [0.05, 0.1) is 37.6 Å². The largest absolute Gasteiger partial charge is 0.468 e. The molecule has 2 atom stereocenters. The summed E-state index contributed by atoms with van der Waals surface area (Å²) in [7, 11) is 2.35. The summed E-state index contributed by atoms with van der Waals surface area (Å²) in [6.07, 6.45) is -1.37. The number of carbonyl (C=O) groups excluding carboxylic acids is 3. The van der Waals surface area contributed by atoms with Crippen LogP contribution in [0.2, 0.25) is 0 Å². The van der Waals surface area contributed by atoms with Crippen molar-refractivity contribution < 1.29 is 37.0 Å². The Morgan fingerprint density at radius 3 is 2.05 bits per heavy atom. The Bertz CT molecular complexity index is 1450. The number of amides is 1. The second-order valence-corrected chi connectivity index (χ2v) is 9.52. The fourth-order valence-electron chi connectivity index (χ4n) is 5.51. The molecular weight excluding hydrogens is 525 g/mol. The lowest BCUT2D eigenvalue weighted by Gasteiger charge is -2.56. The second kappa shape index (κ2) is 10.2. The van der Waals surface area contributed by atoms with Gasteiger partial charge in [0.25, 0.3) is 5.91 Å². The fourth-order valence-corrected chi connectivity index (χ4v) is 5.51. The summed E-state index contributed by atoms with van der Waals surface area (Å²) in [4.78, 5) is 41.3. The summed E-state index contributed by atoms with van der Waals surface area (Å²) in [5.41, 5.74) is -0.921. The van der Waals surface area contributed by atoms with Crippen LogP contribution in [0.25, 0.3) is 6.08 Å². The molecule has 0 unspecified atom stereocenters. The zero-order valence-electron chi connectivity index (χ0n) is 21.6. The Hall–Kier alpha value is -4.60. The molecule has 2 aliphatic rings. The van der Waals surface area contributed by atoms with Gasteiger partial charge < -0.3 is 9.47 Å². The number of methoxy groups -OCH3 is 2. The number of rotatable bonds is 4. The molecule has 0 N–H and O–H groups in total. The molecule has 3 aromatic rings. The van der Waals surface area contributed by atoms with Crippen LogP contribution >= 0.6 is 0 Å². The molecule has 0 saturated carbocycles. The van der Waals surface area contributed by atoms with Crippen molar-refractivity contribution in [2.75, 3.05) is 19.2 Å². The average molecular weight is 551 g/mol. The van der Waals surface area contributed by atoms with E-state index in [1.54, 1.807) is 65.7 Å². The van der Waals surface area contributed by atoms with Gasteiger partial charge in [0.15, 0.2) is 5.41 Å². The van der Waals surface area contributed by atoms with E-state index >= 15 is 0 Å². The van der Waals surface area contributed by atoms with E-state index in [1.807, 2.05) is 6.07 Å². The van der Waals surface area contributed by atoms with Crippen LogP contribution in [0.15, 0.2) is 84.9 Å². The van der Waals surface area contributed by atoms with Gasteiger partial charge in [0, 0.05) is 12.0 Å². The Kier molecular flexibility index (Phi) is 6.87. The number of ether oxygens (including phenoxy) is 2. The molecule has 2 heterocycles. The summed E-state index contributed by atoms with van der Waals surface area (Å²) in [5, 5.41) is 2.97. The topological polar surface area (TPSA) is 76.2 Å². The first-order chi connectivity index (χ1) is 19.1. The van der Waals surface area contributed by atoms with Gasteiger partial charge >= 0.3 is 18.1 Å². The lowest BCUT2D eigenvalue weighted by molar-refractivity contribution is -0.175. The van der Waals surface area contributed by atoms with Gasteiger partial charge in [0.1, 0.15) is 0 Å². The highest BCUT2D eigenvalue weighted by molar-refractivity contribution is 6.04. The molecule has 3 aromatic carbocycles. The maximum absolute atomic E-state index is 14.2. The molecular formula is C30H25F3N2O5. The van der Waals surface area contributed by atoms with Crippen LogP contribution in [-0.2, 0) is 25.2 Å². The highest BCUT2D eigenvalue weighted by Gasteiger charge is 2.63. The molecule has 1 amide bonds. The molecule has 10 heteroatoms. The quantitative estimate of drug-likeness (QED) is 0.318. The van der Waals surface area contributed by atoms with E-state index in [2.05, 4.69) is 0 Å². The molecule has 40 heavy (non-hydrogen) atoms. The number of carbonyl (C=O) groups is 3. The second-order valence-electron chi connectivity index (χ2n) is 9.52. The summed E-state index contributed by atoms with van der Waals surface area (Å²) >= 11 is 0. The Morgan fingerprint density at radius 2 is 1.45 bits per heavy atom. The molecule has 206 valence electrons. The molecule has 1 fully saturated rings. The summed E-state index contributed by atoms with van der Waals surface area (Å²) in [6.45, 7) is 0. The van der Waals surface area contributed by atoms with E-state index in [-0.39, 0.29) is 12.0 Å². The maximum Gasteiger partial charge on any atom is 0.416 e. The minimum atomic E-state index is -4.57. The average Bonchev–Trinajstić information content (AvgIpc) is 2.98. The van der Waals surface area contributed by atoms with Crippen LogP contribution in [0.3, 0.4) is 0 Å². The number of fused-ring (bicyclic) bond motifs is 3. The molecule has 1 saturated heterocycles. The third kappa shape index (κ3) is 4.29. The zero-order valence-corrected chi connectivity index (χ0v) is 21.6. The van der Waals surface area contributed by atoms with E-state index in [0.29, 0.717) is 16.8 Å². The molecule has 7 nitrogen and oxygen atoms in total. The van der Waals surface area contributed by atoms with Crippen LogP contribution in [0, 0.1) is 5.41 Å². The molecule has 0 aliphatic carbocycles. The first kappa shape index (κ1) is 27.0. The maximum atomic E-state index is 14.2. The minimum absolute atomic E-state index is 0.00310. The normalized spacial score (nSPS) is 19.3. The highest BCUT2D eigenvalue weighted by atomic mass is 19.4. The Balaban J connectivity index is 1.75. The minimum Gasteiger partial charge on any atom is -0.468 e. The lowest BCUT2D eigenvalue weighted by atomic mass is 9.70. The number of esters is 2. The monoisotopic (exact) mass is 550 g/mol. The van der Waals surface area contributed by atoms with Crippen LogP contribution < -0.4 is 5.01 Å². The molecule has 0 radical (unpaired) electrons. The molecule has 2 aliphatic heterocycles. The standard InChI is InChI=1S/C30H25F3N2O5/c1-39-27(37)29(28(38)40-2)18-24(19-8-4-3-5-9-19)35(26(36)21-12-15-22(16-13-21)30(31,32)33)34-23-11-7-6-10-20(23)14-17-25(29)34/h3-17,24-25H,18H2,1-2H3/t24-,25+/m0/s1. The van der Waals surface area contributed by atoms with E-state index in [9.17, 15) is 27.6 Å². The van der Waals surface area contributed by atoms with Crippen LogP contribution in [0.1, 0.15) is 39.5 Å². The van der Waals surface area contributed by atoms with Crippen molar-refractivity contribution in [2.45, 2.75) is 24.7 Å². The number of anilines is 1. The number of hydrazine groups is 1. The number of halogens is 3. The van der Waals surface area contributed by atoms with Gasteiger partial charge in [-0.2, -0.15) is 13.2 Å². The van der Waals surface area contributed by atoms with E-state index in [1.165, 1.54) is 19.2 Å². The van der Waals surface area contributed by atoms with Crippen molar-refractivity contribution in [1.29, 1.82) is 0 Å². The van der Waals surface area contributed by atoms with Gasteiger partial charge in [-0.3, -0.25) is 19.4 Å². The smallest absolute Gasteiger partial charge is 0.416 e. The predicted molar refractivity (Wildman–Crippen MR) is 140 cm³/mol. The third-order valence-electron chi connectivity index (χ3n) is 7.40. The first-order valence-electron chi connectivity index (χ1n) is 12.4. The molecule has 0 spiro atoms. The van der Waals surface area contributed by atoms with E-state index in [0.717, 1.165) is 24.3 Å². The van der Waals surface area contributed by atoms with Gasteiger partial charge in [-0.1, -0.05) is 60.7 Å². The van der Waals surface area contributed by atoms with E-state index in [4.69, 9.17) is 9.47 Å². The van der Waals surface area contributed by atoms with Crippen molar-refractivity contribution in [3.63, 3.8) is 0 Å². The summed E-state index contributed by atoms with van der Waals surface area (Å²) in [6, 6.07) is 17.9. The Labute approximate surface area is 228 Å². The molecule has 0 bridgehead atoms.